The third-order valence-electron chi connectivity index (χ3n) is 4.08. The molecule has 112 valence electrons. The van der Waals surface area contributed by atoms with Crippen LogP contribution >= 0.6 is 0 Å². The van der Waals surface area contributed by atoms with E-state index in [9.17, 15) is 0 Å². The maximum absolute atomic E-state index is 5.36. The quantitative estimate of drug-likeness (QED) is 0.775. The summed E-state index contributed by atoms with van der Waals surface area (Å²) in [4.78, 5) is 2.60. The Labute approximate surface area is 123 Å². The van der Waals surface area contributed by atoms with Crippen molar-refractivity contribution in [1.82, 2.24) is 10.2 Å². The van der Waals surface area contributed by atoms with E-state index in [0.717, 1.165) is 18.8 Å². The van der Waals surface area contributed by atoms with Crippen molar-refractivity contribution < 1.29 is 4.74 Å². The molecule has 1 saturated heterocycles. The lowest BCUT2D eigenvalue weighted by molar-refractivity contribution is 0.225. The number of hydrogen-bond acceptors (Lipinski definition) is 3. The molecule has 1 fully saturated rings. The first-order chi connectivity index (χ1) is 9.79. The second kappa shape index (κ2) is 8.28. The average molecular weight is 276 g/mol. The topological polar surface area (TPSA) is 24.5 Å². The summed E-state index contributed by atoms with van der Waals surface area (Å²) in [6.45, 7) is 7.94. The Kier molecular flexibility index (Phi) is 6.34. The smallest absolute Gasteiger partial charge is 0.122 e. The highest BCUT2D eigenvalue weighted by atomic mass is 16.5. The number of rotatable bonds is 7. The number of nitrogens with one attached hydrogen (secondary N) is 1. The molecule has 3 heteroatoms. The zero-order valence-corrected chi connectivity index (χ0v) is 13.0. The lowest BCUT2D eigenvalue weighted by atomic mass is 10.1. The molecule has 1 aliphatic rings. The molecule has 1 aromatic carbocycles. The Balaban J connectivity index is 1.63. The Bertz CT molecular complexity index is 400. The van der Waals surface area contributed by atoms with Crippen molar-refractivity contribution in [2.75, 3.05) is 33.3 Å². The van der Waals surface area contributed by atoms with Gasteiger partial charge in [0.25, 0.3) is 0 Å². The van der Waals surface area contributed by atoms with Crippen molar-refractivity contribution in [2.24, 2.45) is 0 Å². The molecule has 0 atom stereocenters. The number of benzene rings is 1. The Morgan fingerprint density at radius 2 is 2.00 bits per heavy atom. The fourth-order valence-electron chi connectivity index (χ4n) is 2.82. The second-order valence-electron chi connectivity index (χ2n) is 5.74. The lowest BCUT2D eigenvalue weighted by Crippen LogP contribution is -2.32. The van der Waals surface area contributed by atoms with Crippen LogP contribution in [0.25, 0.3) is 0 Å². The van der Waals surface area contributed by atoms with Crippen molar-refractivity contribution in [2.45, 2.75) is 39.2 Å². The van der Waals surface area contributed by atoms with Crippen LogP contribution in [0.1, 0.15) is 36.8 Å². The number of hydrogen-bond donors (Lipinski definition) is 1. The number of ether oxygens (including phenoxy) is 1. The average Bonchev–Trinajstić information content (AvgIpc) is 2.49. The van der Waals surface area contributed by atoms with E-state index in [2.05, 4.69) is 35.3 Å². The third-order valence-corrected chi connectivity index (χ3v) is 4.08. The molecule has 2 rings (SSSR count). The Hall–Kier alpha value is -1.06. The zero-order valence-electron chi connectivity index (χ0n) is 13.0. The SMILES string of the molecule is COc1cc(CNCCCN2CCCCC2)ccc1C. The molecule has 20 heavy (non-hydrogen) atoms. The molecule has 0 aromatic heterocycles. The summed E-state index contributed by atoms with van der Waals surface area (Å²) in [5.74, 6) is 0.984. The summed E-state index contributed by atoms with van der Waals surface area (Å²) in [5, 5.41) is 3.53. The lowest BCUT2D eigenvalue weighted by Gasteiger charge is -2.26. The van der Waals surface area contributed by atoms with Crippen LogP contribution in [0.3, 0.4) is 0 Å². The molecule has 0 radical (unpaired) electrons. The number of nitrogens with zero attached hydrogens (tertiary/aromatic N) is 1. The van der Waals surface area contributed by atoms with Crippen LogP contribution in [0, 0.1) is 6.92 Å². The first-order valence-corrected chi connectivity index (χ1v) is 7.86. The van der Waals surface area contributed by atoms with Gasteiger partial charge in [0.2, 0.25) is 0 Å². The first kappa shape index (κ1) is 15.3. The monoisotopic (exact) mass is 276 g/mol. The first-order valence-electron chi connectivity index (χ1n) is 7.86. The van der Waals surface area contributed by atoms with Gasteiger partial charge in [0, 0.05) is 6.54 Å². The molecular weight excluding hydrogens is 248 g/mol. The second-order valence-corrected chi connectivity index (χ2v) is 5.74. The van der Waals surface area contributed by atoms with Crippen molar-refractivity contribution in [3.8, 4) is 5.75 Å². The summed E-state index contributed by atoms with van der Waals surface area (Å²) in [7, 11) is 1.73. The molecule has 0 unspecified atom stereocenters. The summed E-state index contributed by atoms with van der Waals surface area (Å²) < 4.78 is 5.36. The van der Waals surface area contributed by atoms with E-state index in [1.54, 1.807) is 7.11 Å². The van der Waals surface area contributed by atoms with Gasteiger partial charge in [-0.1, -0.05) is 18.6 Å². The van der Waals surface area contributed by atoms with Gasteiger partial charge >= 0.3 is 0 Å². The standard InChI is InChI=1S/C17H28N2O/c1-15-7-8-16(13-17(15)20-2)14-18-9-6-12-19-10-4-3-5-11-19/h7-8,13,18H,3-6,9-12,14H2,1-2H3. The van der Waals surface area contributed by atoms with Gasteiger partial charge in [-0.25, -0.2) is 0 Å². The maximum atomic E-state index is 5.36. The van der Waals surface area contributed by atoms with Gasteiger partial charge in [0.15, 0.2) is 0 Å². The van der Waals surface area contributed by atoms with Crippen LogP contribution in [0.15, 0.2) is 18.2 Å². The van der Waals surface area contributed by atoms with Gasteiger partial charge in [0.1, 0.15) is 5.75 Å². The van der Waals surface area contributed by atoms with Crippen LogP contribution in [-0.4, -0.2) is 38.2 Å². The highest BCUT2D eigenvalue weighted by molar-refractivity contribution is 5.36. The van der Waals surface area contributed by atoms with Crippen LogP contribution in [0.4, 0.5) is 0 Å². The predicted molar refractivity (Wildman–Crippen MR) is 84.3 cm³/mol. The van der Waals surface area contributed by atoms with Crippen molar-refractivity contribution in [1.29, 1.82) is 0 Å². The van der Waals surface area contributed by atoms with Gasteiger partial charge in [-0.05, 0) is 69.6 Å². The summed E-state index contributed by atoms with van der Waals surface area (Å²) in [5.41, 5.74) is 2.49. The minimum atomic E-state index is 0.927. The maximum Gasteiger partial charge on any atom is 0.122 e. The van der Waals surface area contributed by atoms with E-state index >= 15 is 0 Å². The summed E-state index contributed by atoms with van der Waals surface area (Å²) in [6, 6.07) is 6.44. The molecule has 1 aromatic rings. The Morgan fingerprint density at radius 1 is 1.20 bits per heavy atom. The molecule has 0 saturated carbocycles. The van der Waals surface area contributed by atoms with Gasteiger partial charge < -0.3 is 15.0 Å². The highest BCUT2D eigenvalue weighted by Gasteiger charge is 2.08. The van der Waals surface area contributed by atoms with Crippen LogP contribution in [0.2, 0.25) is 0 Å². The van der Waals surface area contributed by atoms with Crippen LogP contribution in [-0.2, 0) is 6.54 Å². The Morgan fingerprint density at radius 3 is 2.75 bits per heavy atom. The van der Waals surface area contributed by atoms with E-state index in [0.29, 0.717) is 0 Å². The molecule has 1 aliphatic heterocycles. The summed E-state index contributed by atoms with van der Waals surface area (Å²) in [6.07, 6.45) is 5.43. The fraction of sp³-hybridized carbons (Fsp3) is 0.647. The molecule has 0 spiro atoms. The normalized spacial score (nSPS) is 16.3. The molecule has 0 bridgehead atoms. The van der Waals surface area contributed by atoms with Gasteiger partial charge in [0.05, 0.1) is 7.11 Å². The predicted octanol–water partition coefficient (Wildman–Crippen LogP) is 2.97. The fourth-order valence-corrected chi connectivity index (χ4v) is 2.82. The van der Waals surface area contributed by atoms with E-state index in [1.165, 1.54) is 56.4 Å². The molecule has 0 aliphatic carbocycles. The number of piperidine rings is 1. The summed E-state index contributed by atoms with van der Waals surface area (Å²) >= 11 is 0. The van der Waals surface area contributed by atoms with Gasteiger partial charge in [-0.15, -0.1) is 0 Å². The molecule has 1 heterocycles. The van der Waals surface area contributed by atoms with Gasteiger partial charge in [-0.2, -0.15) is 0 Å². The highest BCUT2D eigenvalue weighted by Crippen LogP contribution is 2.18. The van der Waals surface area contributed by atoms with E-state index in [4.69, 9.17) is 4.74 Å². The molecule has 3 nitrogen and oxygen atoms in total. The van der Waals surface area contributed by atoms with Crippen molar-refractivity contribution in [3.63, 3.8) is 0 Å². The number of aryl methyl sites for hydroxylation is 1. The minimum absolute atomic E-state index is 0.927. The van der Waals surface area contributed by atoms with Crippen LogP contribution in [0.5, 0.6) is 5.75 Å². The van der Waals surface area contributed by atoms with Crippen molar-refractivity contribution >= 4 is 0 Å². The van der Waals surface area contributed by atoms with Gasteiger partial charge in [-0.3, -0.25) is 0 Å². The largest absolute Gasteiger partial charge is 0.496 e. The molecule has 1 N–H and O–H groups in total. The van der Waals surface area contributed by atoms with E-state index in [1.807, 2.05) is 0 Å². The number of methoxy groups -OCH3 is 1. The number of likely N-dealkylation sites (tertiary alicyclic amines) is 1. The van der Waals surface area contributed by atoms with Crippen LogP contribution < -0.4 is 10.1 Å². The molecule has 0 amide bonds. The minimum Gasteiger partial charge on any atom is -0.496 e. The van der Waals surface area contributed by atoms with Crippen molar-refractivity contribution in [3.05, 3.63) is 29.3 Å². The third kappa shape index (κ3) is 4.80. The molecular formula is C17H28N2O. The van der Waals surface area contributed by atoms with E-state index in [-0.39, 0.29) is 0 Å². The van der Waals surface area contributed by atoms with E-state index < -0.39 is 0 Å². The zero-order chi connectivity index (χ0) is 14.2.